The number of hydrogen-bond donors (Lipinski definition) is 3. The van der Waals surface area contributed by atoms with Gasteiger partial charge in [0, 0.05) is 5.56 Å². The Morgan fingerprint density at radius 1 is 1.33 bits per heavy atom. The summed E-state index contributed by atoms with van der Waals surface area (Å²) in [5, 5.41) is 2.10. The SMILES string of the molecule is Cc1ccc(C[NH+](C)[C@H](C)C(=O)NC(N)=O)cc1. The molecule has 3 amide bonds. The number of urea groups is 1. The molecule has 0 heterocycles. The second kappa shape index (κ2) is 6.16. The zero-order valence-corrected chi connectivity index (χ0v) is 11.0. The zero-order chi connectivity index (χ0) is 13.7. The lowest BCUT2D eigenvalue weighted by Gasteiger charge is -2.20. The number of quaternary nitrogens is 1. The molecule has 98 valence electrons. The van der Waals surface area contributed by atoms with Crippen molar-refractivity contribution < 1.29 is 14.5 Å². The first kappa shape index (κ1) is 14.2. The Morgan fingerprint density at radius 2 is 1.89 bits per heavy atom. The van der Waals surface area contributed by atoms with Crippen LogP contribution in [0.2, 0.25) is 0 Å². The van der Waals surface area contributed by atoms with Gasteiger partial charge in [-0.1, -0.05) is 29.8 Å². The monoisotopic (exact) mass is 250 g/mol. The van der Waals surface area contributed by atoms with E-state index in [1.807, 2.05) is 38.2 Å². The summed E-state index contributed by atoms with van der Waals surface area (Å²) in [6.07, 6.45) is 0. The van der Waals surface area contributed by atoms with Gasteiger partial charge in [0.2, 0.25) is 0 Å². The maximum Gasteiger partial charge on any atom is 0.319 e. The molecule has 0 spiro atoms. The molecular weight excluding hydrogens is 230 g/mol. The third kappa shape index (κ3) is 4.18. The highest BCUT2D eigenvalue weighted by Crippen LogP contribution is 2.01. The van der Waals surface area contributed by atoms with E-state index in [0.717, 1.165) is 10.5 Å². The van der Waals surface area contributed by atoms with Gasteiger partial charge >= 0.3 is 6.03 Å². The molecule has 5 nitrogen and oxygen atoms in total. The highest BCUT2D eigenvalue weighted by molar-refractivity contribution is 5.95. The first-order valence-corrected chi connectivity index (χ1v) is 5.88. The van der Waals surface area contributed by atoms with Crippen molar-refractivity contribution in [1.82, 2.24) is 5.32 Å². The summed E-state index contributed by atoms with van der Waals surface area (Å²) in [7, 11) is 1.91. The van der Waals surface area contributed by atoms with Crippen LogP contribution in [0.4, 0.5) is 4.79 Å². The number of nitrogens with one attached hydrogen (secondary N) is 2. The molecule has 1 unspecified atom stereocenters. The quantitative estimate of drug-likeness (QED) is 0.679. The number of rotatable bonds is 4. The van der Waals surface area contributed by atoms with E-state index in [-0.39, 0.29) is 11.9 Å². The van der Waals surface area contributed by atoms with Gasteiger partial charge in [0.05, 0.1) is 7.05 Å². The normalized spacial score (nSPS) is 13.7. The minimum atomic E-state index is -0.810. The number of carbonyl (C=O) groups is 2. The maximum absolute atomic E-state index is 11.6. The molecular formula is C13H20N3O2+. The van der Waals surface area contributed by atoms with Crippen molar-refractivity contribution in [3.8, 4) is 0 Å². The number of nitrogens with two attached hydrogens (primary N) is 1. The molecule has 2 atom stereocenters. The Labute approximate surface area is 107 Å². The van der Waals surface area contributed by atoms with Gasteiger partial charge in [0.1, 0.15) is 6.54 Å². The van der Waals surface area contributed by atoms with E-state index < -0.39 is 6.03 Å². The summed E-state index contributed by atoms with van der Waals surface area (Å²) in [6, 6.07) is 7.01. The van der Waals surface area contributed by atoms with Gasteiger partial charge in [0.25, 0.3) is 5.91 Å². The fraction of sp³-hybridized carbons (Fsp3) is 0.385. The van der Waals surface area contributed by atoms with Crippen LogP contribution in [0.15, 0.2) is 24.3 Å². The average molecular weight is 250 g/mol. The standard InChI is InChI=1S/C13H19N3O2/c1-9-4-6-11(7-5-9)8-16(3)10(2)12(17)15-13(14)18/h4-7,10H,8H2,1-3H3,(H3,14,15,17,18)/p+1/t10-/m1/s1. The summed E-state index contributed by atoms with van der Waals surface area (Å²) in [5.74, 6) is -0.355. The van der Waals surface area contributed by atoms with Crippen LogP contribution in [-0.2, 0) is 11.3 Å². The molecule has 1 aromatic carbocycles. The van der Waals surface area contributed by atoms with Gasteiger partial charge in [-0.25, -0.2) is 4.79 Å². The third-order valence-corrected chi connectivity index (χ3v) is 2.98. The van der Waals surface area contributed by atoms with Gasteiger partial charge in [-0.05, 0) is 13.8 Å². The number of benzene rings is 1. The van der Waals surface area contributed by atoms with E-state index in [0.29, 0.717) is 6.54 Å². The predicted octanol–water partition coefficient (Wildman–Crippen LogP) is -0.407. The molecule has 0 saturated carbocycles. The Morgan fingerprint density at radius 3 is 2.39 bits per heavy atom. The van der Waals surface area contributed by atoms with Crippen molar-refractivity contribution in [2.24, 2.45) is 5.73 Å². The maximum atomic E-state index is 11.6. The number of carbonyl (C=O) groups excluding carboxylic acids is 2. The van der Waals surface area contributed by atoms with Crippen molar-refractivity contribution >= 4 is 11.9 Å². The molecule has 0 bridgehead atoms. The summed E-state index contributed by atoms with van der Waals surface area (Å²) < 4.78 is 0. The predicted molar refractivity (Wildman–Crippen MR) is 69.0 cm³/mol. The fourth-order valence-corrected chi connectivity index (χ4v) is 1.63. The van der Waals surface area contributed by atoms with Crippen LogP contribution in [0.1, 0.15) is 18.1 Å². The number of aryl methyl sites for hydroxylation is 1. The Balaban J connectivity index is 2.59. The van der Waals surface area contributed by atoms with Crippen molar-refractivity contribution in [3.63, 3.8) is 0 Å². The van der Waals surface area contributed by atoms with Gasteiger partial charge in [-0.2, -0.15) is 0 Å². The molecule has 0 fully saturated rings. The molecule has 0 radical (unpaired) electrons. The molecule has 0 aliphatic heterocycles. The van der Waals surface area contributed by atoms with Crippen LogP contribution < -0.4 is 16.0 Å². The minimum Gasteiger partial charge on any atom is -0.351 e. The fourth-order valence-electron chi connectivity index (χ4n) is 1.63. The largest absolute Gasteiger partial charge is 0.351 e. The number of imide groups is 1. The van der Waals surface area contributed by atoms with Crippen molar-refractivity contribution in [2.45, 2.75) is 26.4 Å². The molecule has 1 aromatic rings. The Bertz CT molecular complexity index is 428. The Kier molecular flexibility index (Phi) is 4.85. The summed E-state index contributed by atoms with van der Waals surface area (Å²) >= 11 is 0. The van der Waals surface area contributed by atoms with Crippen LogP contribution >= 0.6 is 0 Å². The van der Waals surface area contributed by atoms with Crippen LogP contribution in [0.3, 0.4) is 0 Å². The van der Waals surface area contributed by atoms with E-state index in [1.165, 1.54) is 5.56 Å². The number of primary amides is 1. The molecule has 18 heavy (non-hydrogen) atoms. The van der Waals surface area contributed by atoms with Gasteiger partial charge in [-0.3, -0.25) is 10.1 Å². The van der Waals surface area contributed by atoms with Crippen LogP contribution in [0.5, 0.6) is 0 Å². The van der Waals surface area contributed by atoms with Crippen molar-refractivity contribution in [2.75, 3.05) is 7.05 Å². The second-order valence-corrected chi connectivity index (χ2v) is 4.58. The van der Waals surface area contributed by atoms with Gasteiger partial charge in [-0.15, -0.1) is 0 Å². The van der Waals surface area contributed by atoms with Crippen molar-refractivity contribution in [3.05, 3.63) is 35.4 Å². The third-order valence-electron chi connectivity index (χ3n) is 2.98. The van der Waals surface area contributed by atoms with Gasteiger partial charge < -0.3 is 10.6 Å². The lowest BCUT2D eigenvalue weighted by Crippen LogP contribution is -3.12. The number of likely N-dealkylation sites (N-methyl/N-ethyl adjacent to an activating group) is 1. The lowest BCUT2D eigenvalue weighted by molar-refractivity contribution is -0.908. The molecule has 0 aliphatic carbocycles. The first-order valence-electron chi connectivity index (χ1n) is 5.88. The minimum absolute atomic E-state index is 0.334. The van der Waals surface area contributed by atoms with E-state index in [4.69, 9.17) is 5.73 Å². The molecule has 4 N–H and O–H groups in total. The first-order chi connectivity index (χ1) is 8.40. The summed E-state index contributed by atoms with van der Waals surface area (Å²) in [5.41, 5.74) is 7.27. The lowest BCUT2D eigenvalue weighted by atomic mass is 10.1. The number of amides is 3. The highest BCUT2D eigenvalue weighted by atomic mass is 16.2. The van der Waals surface area contributed by atoms with Crippen LogP contribution in [-0.4, -0.2) is 25.0 Å². The molecule has 0 aromatic heterocycles. The zero-order valence-electron chi connectivity index (χ0n) is 11.0. The van der Waals surface area contributed by atoms with E-state index in [2.05, 4.69) is 5.32 Å². The second-order valence-electron chi connectivity index (χ2n) is 4.58. The average Bonchev–Trinajstić information content (AvgIpc) is 2.30. The number of hydrogen-bond acceptors (Lipinski definition) is 2. The highest BCUT2D eigenvalue weighted by Gasteiger charge is 2.22. The van der Waals surface area contributed by atoms with Gasteiger partial charge in [0.15, 0.2) is 6.04 Å². The van der Waals surface area contributed by atoms with E-state index >= 15 is 0 Å². The summed E-state index contributed by atoms with van der Waals surface area (Å²) in [4.78, 5) is 23.2. The topological polar surface area (TPSA) is 76.6 Å². The van der Waals surface area contributed by atoms with E-state index in [9.17, 15) is 9.59 Å². The van der Waals surface area contributed by atoms with Crippen LogP contribution in [0.25, 0.3) is 0 Å². The molecule has 5 heteroatoms. The van der Waals surface area contributed by atoms with Crippen molar-refractivity contribution in [1.29, 1.82) is 0 Å². The van der Waals surface area contributed by atoms with Crippen LogP contribution in [0, 0.1) is 6.92 Å². The smallest absolute Gasteiger partial charge is 0.319 e. The summed E-state index contributed by atoms with van der Waals surface area (Å²) in [6.45, 7) is 4.51. The van der Waals surface area contributed by atoms with E-state index in [1.54, 1.807) is 6.92 Å². The molecule has 0 aliphatic rings. The Hall–Kier alpha value is -1.88. The molecule has 1 rings (SSSR count). The molecule has 0 saturated heterocycles.